The number of nitro groups is 2. The number of para-hydroxylation sites is 3. The summed E-state index contributed by atoms with van der Waals surface area (Å²) in [6.07, 6.45) is -0.0761. The fraction of sp³-hybridized carbons (Fsp3) is 0.172. The van der Waals surface area contributed by atoms with Crippen molar-refractivity contribution in [3.8, 4) is 11.5 Å². The van der Waals surface area contributed by atoms with Crippen LogP contribution in [0.3, 0.4) is 0 Å². The molecule has 4 aromatic carbocycles. The zero-order chi connectivity index (χ0) is 32.1. The summed E-state index contributed by atoms with van der Waals surface area (Å²) in [7, 11) is -9.63. The quantitative estimate of drug-likeness (QED) is 0.135. The van der Waals surface area contributed by atoms with Crippen molar-refractivity contribution in [1.82, 2.24) is 4.31 Å². The molecule has 3 atom stereocenters. The number of fused-ring (bicyclic) bond motifs is 5. The summed E-state index contributed by atoms with van der Waals surface area (Å²) < 4.78 is 82.4. The van der Waals surface area contributed by atoms with E-state index in [9.17, 15) is 41.5 Å². The molecule has 0 N–H and O–H groups in total. The number of hydrogen-bond donors (Lipinski definition) is 0. The molecule has 0 aliphatic carbocycles. The Morgan fingerprint density at radius 1 is 0.800 bits per heavy atom. The lowest BCUT2D eigenvalue weighted by molar-refractivity contribution is -0.388. The summed E-state index contributed by atoms with van der Waals surface area (Å²) in [6, 6.07) is 17.0. The van der Waals surface area contributed by atoms with Gasteiger partial charge in [0.1, 0.15) is 17.3 Å². The Morgan fingerprint density at radius 3 is 2.07 bits per heavy atom. The minimum atomic E-state index is -4.83. The van der Waals surface area contributed by atoms with Crippen molar-refractivity contribution in [2.24, 2.45) is 0 Å². The number of halogens is 1. The zero-order valence-electron chi connectivity index (χ0n) is 22.9. The molecule has 4 aromatic rings. The minimum absolute atomic E-state index is 0.0761. The van der Waals surface area contributed by atoms with Crippen molar-refractivity contribution in [2.75, 3.05) is 6.61 Å². The molecule has 2 aliphatic rings. The van der Waals surface area contributed by atoms with Gasteiger partial charge in [-0.3, -0.25) is 24.4 Å². The van der Waals surface area contributed by atoms with Gasteiger partial charge < -0.3 is 4.74 Å². The third-order valence-corrected chi connectivity index (χ3v) is 11.0. The number of benzene rings is 4. The normalized spacial score (nSPS) is 19.4. The van der Waals surface area contributed by atoms with Gasteiger partial charge in [-0.05, 0) is 48.4 Å². The fourth-order valence-electron chi connectivity index (χ4n) is 5.90. The maximum atomic E-state index is 14.8. The average Bonchev–Trinajstić information content (AvgIpc) is 3.35. The van der Waals surface area contributed by atoms with Gasteiger partial charge >= 0.3 is 10.1 Å². The molecule has 45 heavy (non-hydrogen) atoms. The average molecular weight is 656 g/mol. The van der Waals surface area contributed by atoms with Crippen LogP contribution in [0.4, 0.5) is 15.8 Å². The van der Waals surface area contributed by atoms with Crippen LogP contribution in [0.1, 0.15) is 29.5 Å². The Kier molecular flexibility index (Phi) is 7.60. The van der Waals surface area contributed by atoms with Gasteiger partial charge in [0.2, 0.25) is 0 Å². The summed E-state index contributed by atoms with van der Waals surface area (Å²) in [4.78, 5) is 20.3. The topological polar surface area (TPSA) is 176 Å². The molecular formula is C29H22FN3O10S2. The highest BCUT2D eigenvalue weighted by Gasteiger charge is 2.53. The summed E-state index contributed by atoms with van der Waals surface area (Å²) in [5.41, 5.74) is -0.819. The van der Waals surface area contributed by atoms with E-state index in [1.54, 1.807) is 24.3 Å². The molecule has 0 saturated carbocycles. The van der Waals surface area contributed by atoms with E-state index in [2.05, 4.69) is 0 Å². The molecule has 0 spiro atoms. The second-order valence-electron chi connectivity index (χ2n) is 10.3. The van der Waals surface area contributed by atoms with Crippen molar-refractivity contribution in [1.29, 1.82) is 0 Å². The van der Waals surface area contributed by atoms with Crippen LogP contribution in [0.25, 0.3) is 0 Å². The third kappa shape index (κ3) is 5.31. The molecule has 232 valence electrons. The largest absolute Gasteiger partial charge is 0.457 e. The molecule has 16 heteroatoms. The summed E-state index contributed by atoms with van der Waals surface area (Å²) in [6.45, 7) is -0.811. The molecule has 1 fully saturated rings. The minimum Gasteiger partial charge on any atom is -0.457 e. The Morgan fingerprint density at radius 2 is 1.38 bits per heavy atom. The first-order chi connectivity index (χ1) is 21.4. The Labute approximate surface area is 255 Å². The van der Waals surface area contributed by atoms with Gasteiger partial charge in [-0.25, -0.2) is 12.8 Å². The molecule has 0 radical (unpaired) electrons. The van der Waals surface area contributed by atoms with Crippen LogP contribution in [-0.4, -0.2) is 43.6 Å². The molecule has 0 aromatic heterocycles. The molecule has 0 unspecified atom stereocenters. The Balaban J connectivity index is 1.52. The first-order valence-corrected chi connectivity index (χ1v) is 16.2. The van der Waals surface area contributed by atoms with Crippen molar-refractivity contribution in [3.63, 3.8) is 0 Å². The van der Waals surface area contributed by atoms with E-state index in [0.717, 1.165) is 40.7 Å². The van der Waals surface area contributed by atoms with E-state index in [4.69, 9.17) is 8.92 Å². The van der Waals surface area contributed by atoms with Crippen molar-refractivity contribution in [3.05, 3.63) is 128 Å². The van der Waals surface area contributed by atoms with E-state index in [0.29, 0.717) is 11.3 Å². The highest BCUT2D eigenvalue weighted by Crippen LogP contribution is 2.56. The van der Waals surface area contributed by atoms with Crippen LogP contribution >= 0.6 is 0 Å². The van der Waals surface area contributed by atoms with Crippen LogP contribution in [0.2, 0.25) is 0 Å². The number of rotatable bonds is 8. The smallest absolute Gasteiger partial charge is 0.303 e. The second-order valence-corrected chi connectivity index (χ2v) is 13.7. The number of nitro benzene ring substituents is 2. The van der Waals surface area contributed by atoms with Gasteiger partial charge in [0, 0.05) is 23.6 Å². The summed E-state index contributed by atoms with van der Waals surface area (Å²) in [5.74, 6) is -0.962. The number of sulfonamides is 1. The number of ether oxygens (including phenoxy) is 1. The molecule has 13 nitrogen and oxygen atoms in total. The van der Waals surface area contributed by atoms with Gasteiger partial charge in [0.25, 0.3) is 21.4 Å². The molecule has 2 aliphatic heterocycles. The standard InChI is InChI=1S/C29H22FN3O10S2/c30-18-13-14-26-22(15-18)29-21(20-7-1-4-10-25(20)43-26)16-19(17-42-45(40,41)28-12-6-3-9-24(28)33(36)37)31(29)44(38,39)27-11-5-2-8-23(27)32(34)35/h1-15,19,21,29H,16-17H2/t19-,21-,29+/m1/s1. The van der Waals surface area contributed by atoms with Gasteiger partial charge in [-0.15, -0.1) is 0 Å². The Bertz CT molecular complexity index is 2070. The van der Waals surface area contributed by atoms with E-state index in [1.165, 1.54) is 30.3 Å². The van der Waals surface area contributed by atoms with Crippen molar-refractivity contribution >= 4 is 31.5 Å². The predicted octanol–water partition coefficient (Wildman–Crippen LogP) is 5.44. The van der Waals surface area contributed by atoms with Crippen molar-refractivity contribution in [2.45, 2.75) is 34.2 Å². The predicted molar refractivity (Wildman–Crippen MR) is 155 cm³/mol. The summed E-state index contributed by atoms with van der Waals surface area (Å²) in [5, 5.41) is 23.4. The Hall–Kier alpha value is -4.77. The molecule has 0 amide bonds. The SMILES string of the molecule is O=[N+]([O-])c1ccccc1S(=O)(=O)OC[C@H]1C[C@@H]2c3ccccc3Oc3ccc(F)cc3[C@H]2N1S(=O)(=O)c1ccccc1[N+](=O)[O-]. The van der Waals surface area contributed by atoms with E-state index in [-0.39, 0.29) is 17.7 Å². The monoisotopic (exact) mass is 655 g/mol. The van der Waals surface area contributed by atoms with Crippen LogP contribution in [0, 0.1) is 26.0 Å². The molecule has 0 bridgehead atoms. The van der Waals surface area contributed by atoms with Crippen LogP contribution in [0.15, 0.2) is 101 Å². The highest BCUT2D eigenvalue weighted by molar-refractivity contribution is 7.89. The molecule has 2 heterocycles. The first-order valence-electron chi connectivity index (χ1n) is 13.4. The lowest BCUT2D eigenvalue weighted by Gasteiger charge is -2.30. The van der Waals surface area contributed by atoms with Crippen molar-refractivity contribution < 1.29 is 40.0 Å². The summed E-state index contributed by atoms with van der Waals surface area (Å²) >= 11 is 0. The maximum absolute atomic E-state index is 14.8. The first kappa shape index (κ1) is 30.3. The zero-order valence-corrected chi connectivity index (χ0v) is 24.6. The highest BCUT2D eigenvalue weighted by atomic mass is 32.2. The number of hydrogen-bond acceptors (Lipinski definition) is 10. The van der Waals surface area contributed by atoms with Gasteiger partial charge in [0.05, 0.1) is 28.5 Å². The van der Waals surface area contributed by atoms with Gasteiger partial charge in [-0.1, -0.05) is 42.5 Å². The lowest BCUT2D eigenvalue weighted by Crippen LogP contribution is -2.40. The molecule has 6 rings (SSSR count). The number of nitrogens with zero attached hydrogens (tertiary/aromatic N) is 3. The van der Waals surface area contributed by atoms with Crippen LogP contribution < -0.4 is 4.74 Å². The van der Waals surface area contributed by atoms with Crippen LogP contribution in [0.5, 0.6) is 11.5 Å². The molecule has 1 saturated heterocycles. The lowest BCUT2D eigenvalue weighted by atomic mass is 9.87. The van der Waals surface area contributed by atoms with E-state index >= 15 is 0 Å². The van der Waals surface area contributed by atoms with Gasteiger partial charge in [-0.2, -0.15) is 12.7 Å². The van der Waals surface area contributed by atoms with E-state index in [1.807, 2.05) is 0 Å². The van der Waals surface area contributed by atoms with Crippen LogP contribution in [-0.2, 0) is 24.3 Å². The second kappa shape index (κ2) is 11.3. The van der Waals surface area contributed by atoms with Gasteiger partial charge in [0.15, 0.2) is 9.79 Å². The fourth-order valence-corrected chi connectivity index (χ4v) is 8.99. The van der Waals surface area contributed by atoms with E-state index < -0.39 is 81.6 Å². The molecular weight excluding hydrogens is 633 g/mol. The third-order valence-electron chi connectivity index (χ3n) is 7.73. The maximum Gasteiger partial charge on any atom is 0.303 e.